The van der Waals surface area contributed by atoms with Gasteiger partial charge >= 0.3 is 11.9 Å². The number of hydrogen-bond acceptors (Lipinski definition) is 8. The van der Waals surface area contributed by atoms with Crippen molar-refractivity contribution in [2.75, 3.05) is 37.6 Å². The first kappa shape index (κ1) is 25.5. The summed E-state index contributed by atoms with van der Waals surface area (Å²) in [4.78, 5) is 50.7. The highest BCUT2D eigenvalue weighted by Crippen LogP contribution is 2.29. The number of esters is 2. The fourth-order valence-corrected chi connectivity index (χ4v) is 3.53. The Kier molecular flexibility index (Phi) is 8.30. The van der Waals surface area contributed by atoms with Crippen LogP contribution in [0.4, 0.5) is 11.4 Å². The van der Waals surface area contributed by atoms with Gasteiger partial charge in [-0.2, -0.15) is 0 Å². The molecule has 1 aliphatic heterocycles. The van der Waals surface area contributed by atoms with E-state index in [2.05, 4.69) is 5.32 Å². The van der Waals surface area contributed by atoms with E-state index in [0.717, 1.165) is 0 Å². The second kappa shape index (κ2) is 11.4. The maximum absolute atomic E-state index is 12.5. The number of ether oxygens (including phenoxy) is 4. The molecule has 2 aromatic rings. The zero-order chi connectivity index (χ0) is 25.5. The molecule has 0 aromatic heterocycles. The molecule has 10 heteroatoms. The summed E-state index contributed by atoms with van der Waals surface area (Å²) in [6.45, 7) is 3.11. The minimum Gasteiger partial charge on any atom is -0.497 e. The zero-order valence-corrected chi connectivity index (χ0v) is 20.0. The molecule has 1 saturated heterocycles. The first-order valence-electron chi connectivity index (χ1n) is 11.0. The summed E-state index contributed by atoms with van der Waals surface area (Å²) < 4.78 is 20.6. The van der Waals surface area contributed by atoms with Crippen molar-refractivity contribution in [2.45, 2.75) is 26.4 Å². The highest BCUT2D eigenvalue weighted by atomic mass is 16.5. The molecule has 1 heterocycles. The molecular weight excluding hydrogens is 456 g/mol. The van der Waals surface area contributed by atoms with Crippen molar-refractivity contribution in [1.82, 2.24) is 0 Å². The second-order valence-electron chi connectivity index (χ2n) is 8.13. The number of nitrogens with zero attached hydrogens (tertiary/aromatic N) is 1. The summed E-state index contributed by atoms with van der Waals surface area (Å²) in [5.41, 5.74) is 1.29. The molecule has 0 aliphatic carbocycles. The molecule has 0 unspecified atom stereocenters. The maximum Gasteiger partial charge on any atom is 0.338 e. The van der Waals surface area contributed by atoms with E-state index in [4.69, 9.17) is 18.9 Å². The number of anilines is 2. The summed E-state index contributed by atoms with van der Waals surface area (Å²) in [5.74, 6) is -1.69. The minimum atomic E-state index is -0.716. The van der Waals surface area contributed by atoms with E-state index in [1.807, 2.05) is 0 Å². The quantitative estimate of drug-likeness (QED) is 0.540. The number of carbonyl (C=O) groups is 4. The van der Waals surface area contributed by atoms with Crippen molar-refractivity contribution < 1.29 is 38.1 Å². The van der Waals surface area contributed by atoms with Crippen LogP contribution in [0, 0.1) is 5.92 Å². The molecule has 0 spiro atoms. The predicted molar refractivity (Wildman–Crippen MR) is 127 cm³/mol. The normalized spacial score (nSPS) is 15.1. The van der Waals surface area contributed by atoms with Crippen LogP contribution in [0.5, 0.6) is 11.5 Å². The molecule has 1 aliphatic rings. The zero-order valence-electron chi connectivity index (χ0n) is 20.0. The highest BCUT2D eigenvalue weighted by molar-refractivity contribution is 6.00. The molecule has 35 heavy (non-hydrogen) atoms. The first-order chi connectivity index (χ1) is 16.7. The minimum absolute atomic E-state index is 0.0404. The van der Waals surface area contributed by atoms with E-state index < -0.39 is 30.4 Å². The summed E-state index contributed by atoms with van der Waals surface area (Å²) >= 11 is 0. The van der Waals surface area contributed by atoms with Gasteiger partial charge in [0, 0.05) is 24.7 Å². The van der Waals surface area contributed by atoms with E-state index in [9.17, 15) is 19.2 Å². The van der Waals surface area contributed by atoms with Gasteiger partial charge in [0.25, 0.3) is 5.91 Å². The topological polar surface area (TPSA) is 120 Å². The number of benzene rings is 2. The molecule has 3 rings (SSSR count). The van der Waals surface area contributed by atoms with Crippen LogP contribution in [-0.4, -0.2) is 57.2 Å². The van der Waals surface area contributed by atoms with E-state index >= 15 is 0 Å². The number of hydrogen-bond donors (Lipinski definition) is 1. The van der Waals surface area contributed by atoms with Crippen LogP contribution in [0.1, 0.15) is 30.6 Å². The van der Waals surface area contributed by atoms with Gasteiger partial charge in [0.05, 0.1) is 37.5 Å². The Morgan fingerprint density at radius 1 is 1.06 bits per heavy atom. The lowest BCUT2D eigenvalue weighted by Crippen LogP contribution is -2.28. The van der Waals surface area contributed by atoms with Gasteiger partial charge in [-0.15, -0.1) is 0 Å². The molecule has 1 N–H and O–H groups in total. The van der Waals surface area contributed by atoms with Crippen LogP contribution in [0.25, 0.3) is 0 Å². The lowest BCUT2D eigenvalue weighted by atomic mass is 10.1. The number of methoxy groups -OCH3 is 2. The van der Waals surface area contributed by atoms with Crippen LogP contribution in [0.3, 0.4) is 0 Å². The van der Waals surface area contributed by atoms with Crippen LogP contribution < -0.4 is 19.7 Å². The molecule has 0 bridgehead atoms. The fraction of sp³-hybridized carbons (Fsp3) is 0.360. The SMILES string of the molecule is COc1ccc(OC)c(NC(=O)COC(=O)[C@H]2CC(=O)N(c3ccc(C(=O)OC(C)C)cc3)C2)c1. The van der Waals surface area contributed by atoms with Crippen molar-refractivity contribution in [3.63, 3.8) is 0 Å². The Morgan fingerprint density at radius 3 is 2.40 bits per heavy atom. The third-order valence-corrected chi connectivity index (χ3v) is 5.24. The van der Waals surface area contributed by atoms with E-state index in [-0.39, 0.29) is 25.0 Å². The van der Waals surface area contributed by atoms with Crippen LogP contribution in [0.15, 0.2) is 42.5 Å². The number of rotatable bonds is 9. The Morgan fingerprint density at radius 2 is 1.77 bits per heavy atom. The van der Waals surface area contributed by atoms with Gasteiger partial charge in [-0.25, -0.2) is 4.79 Å². The van der Waals surface area contributed by atoms with Crippen molar-refractivity contribution in [1.29, 1.82) is 0 Å². The standard InChI is InChI=1S/C25H28N2O8/c1-15(2)35-25(31)16-5-7-18(8-6-16)27-13-17(11-23(27)29)24(30)34-14-22(28)26-20-12-19(32-3)9-10-21(20)33-4/h5-10,12,15,17H,11,13-14H2,1-4H3,(H,26,28)/t17-/m0/s1. The average molecular weight is 485 g/mol. The van der Waals surface area contributed by atoms with Gasteiger partial charge in [0.15, 0.2) is 6.61 Å². The summed E-state index contributed by atoms with van der Waals surface area (Å²) in [5, 5.41) is 2.62. The van der Waals surface area contributed by atoms with E-state index in [1.54, 1.807) is 56.3 Å². The van der Waals surface area contributed by atoms with Crippen molar-refractivity contribution >= 4 is 35.1 Å². The Balaban J connectivity index is 1.55. The summed E-state index contributed by atoms with van der Waals surface area (Å²) in [6, 6.07) is 11.3. The molecule has 186 valence electrons. The van der Waals surface area contributed by atoms with Gasteiger partial charge in [-0.3, -0.25) is 14.4 Å². The number of amides is 2. The summed E-state index contributed by atoms with van der Waals surface area (Å²) in [6.07, 6.45) is -0.282. The first-order valence-corrected chi connectivity index (χ1v) is 11.0. The van der Waals surface area contributed by atoms with Gasteiger partial charge in [0.1, 0.15) is 11.5 Å². The monoisotopic (exact) mass is 484 g/mol. The van der Waals surface area contributed by atoms with Gasteiger partial charge in [0.2, 0.25) is 5.91 Å². The fourth-order valence-electron chi connectivity index (χ4n) is 3.53. The Labute approximate surface area is 203 Å². The molecule has 2 aromatic carbocycles. The van der Waals surface area contributed by atoms with Crippen LogP contribution >= 0.6 is 0 Å². The Hall–Kier alpha value is -4.08. The lowest BCUT2D eigenvalue weighted by molar-refractivity contribution is -0.151. The molecule has 1 fully saturated rings. The number of nitrogens with one attached hydrogen (secondary N) is 1. The Bertz CT molecular complexity index is 1100. The molecule has 1 atom stereocenters. The van der Waals surface area contributed by atoms with E-state index in [0.29, 0.717) is 28.4 Å². The van der Waals surface area contributed by atoms with Crippen molar-refractivity contribution in [2.24, 2.45) is 5.92 Å². The van der Waals surface area contributed by atoms with Crippen molar-refractivity contribution in [3.05, 3.63) is 48.0 Å². The molecular formula is C25H28N2O8. The molecule has 0 saturated carbocycles. The van der Waals surface area contributed by atoms with Gasteiger partial charge < -0.3 is 29.2 Å². The molecule has 10 nitrogen and oxygen atoms in total. The number of carbonyl (C=O) groups excluding carboxylic acids is 4. The third kappa shape index (κ3) is 6.50. The van der Waals surface area contributed by atoms with Gasteiger partial charge in [-0.05, 0) is 50.2 Å². The van der Waals surface area contributed by atoms with Crippen LogP contribution in [0.2, 0.25) is 0 Å². The lowest BCUT2D eigenvalue weighted by Gasteiger charge is -2.17. The maximum atomic E-state index is 12.5. The second-order valence-corrected chi connectivity index (χ2v) is 8.13. The van der Waals surface area contributed by atoms with Crippen LogP contribution in [-0.2, 0) is 23.9 Å². The van der Waals surface area contributed by atoms with Crippen molar-refractivity contribution in [3.8, 4) is 11.5 Å². The summed E-state index contributed by atoms with van der Waals surface area (Å²) in [7, 11) is 2.96. The average Bonchev–Trinajstić information content (AvgIpc) is 3.23. The largest absolute Gasteiger partial charge is 0.497 e. The van der Waals surface area contributed by atoms with Gasteiger partial charge in [-0.1, -0.05) is 0 Å². The highest BCUT2D eigenvalue weighted by Gasteiger charge is 2.36. The predicted octanol–water partition coefficient (Wildman–Crippen LogP) is 2.80. The molecule has 0 radical (unpaired) electrons. The smallest absolute Gasteiger partial charge is 0.338 e. The third-order valence-electron chi connectivity index (χ3n) is 5.24. The molecule has 2 amide bonds. The van der Waals surface area contributed by atoms with E-state index in [1.165, 1.54) is 19.1 Å².